The minimum absolute atomic E-state index is 0.0473. The summed E-state index contributed by atoms with van der Waals surface area (Å²) in [5.74, 6) is -4.33. The van der Waals surface area contributed by atoms with Crippen LogP contribution in [0.25, 0.3) is 0 Å². The minimum atomic E-state index is -1.33. The van der Waals surface area contributed by atoms with Gasteiger partial charge < -0.3 is 14.2 Å². The van der Waals surface area contributed by atoms with Crippen molar-refractivity contribution in [3.63, 3.8) is 0 Å². The van der Waals surface area contributed by atoms with Gasteiger partial charge in [-0.2, -0.15) is 0 Å². The van der Waals surface area contributed by atoms with Gasteiger partial charge in [0.1, 0.15) is 0 Å². The van der Waals surface area contributed by atoms with E-state index in [4.69, 9.17) is 19.2 Å². The minimum Gasteiger partial charge on any atom is -0.468 e. The van der Waals surface area contributed by atoms with Gasteiger partial charge in [0, 0.05) is 17.0 Å². The quantitative estimate of drug-likeness (QED) is 0.236. The highest BCUT2D eigenvalue weighted by Crippen LogP contribution is 2.30. The maximum Gasteiger partial charge on any atom is 0.330 e. The van der Waals surface area contributed by atoms with Gasteiger partial charge in [-0.25, -0.2) is 4.79 Å². The van der Waals surface area contributed by atoms with Gasteiger partial charge in [-0.1, -0.05) is 74.5 Å². The summed E-state index contributed by atoms with van der Waals surface area (Å²) in [6, 6.07) is 17.7. The van der Waals surface area contributed by atoms with Crippen LogP contribution in [0.3, 0.4) is 0 Å². The number of benzene rings is 2. The molecule has 2 aromatic rings. The number of rotatable bonds is 10. The number of hydrogen-bond donors (Lipinski definition) is 0. The molecule has 2 rings (SSSR count). The molecule has 0 saturated heterocycles. The smallest absolute Gasteiger partial charge is 0.330 e. The Morgan fingerprint density at radius 2 is 1.15 bits per heavy atom. The molecule has 0 saturated carbocycles. The van der Waals surface area contributed by atoms with Crippen LogP contribution in [-0.2, 0) is 28.6 Å². The van der Waals surface area contributed by atoms with Gasteiger partial charge in [0.25, 0.3) is 0 Å². The summed E-state index contributed by atoms with van der Waals surface area (Å²) >= 11 is 0. The van der Waals surface area contributed by atoms with Crippen LogP contribution in [0.2, 0.25) is 0 Å². The summed E-state index contributed by atoms with van der Waals surface area (Å²) in [5.41, 5.74) is 2.12. The van der Waals surface area contributed by atoms with Crippen LogP contribution in [0, 0.1) is 17.8 Å². The van der Waals surface area contributed by atoms with Crippen molar-refractivity contribution >= 4 is 23.6 Å². The number of ether oxygens (including phenoxy) is 3. The van der Waals surface area contributed by atoms with Crippen LogP contribution in [0.4, 0.5) is 0 Å². The fraction of sp³-hybridized carbons (Fsp3) is 0.385. The second kappa shape index (κ2) is 12.5. The summed E-state index contributed by atoms with van der Waals surface area (Å²) in [6.45, 7) is 3.87. The first-order valence-electron chi connectivity index (χ1n) is 10.8. The summed E-state index contributed by atoms with van der Waals surface area (Å²) in [6.07, 6.45) is 0.342. The molecular weight excluding hydrogens is 422 g/mol. The van der Waals surface area contributed by atoms with Gasteiger partial charge in [0.15, 0.2) is 12.0 Å². The lowest BCUT2D eigenvalue weighted by molar-refractivity contribution is -0.163. The molecule has 0 aliphatic rings. The number of hydrogen-bond acceptors (Lipinski definition) is 7. The molecule has 0 amide bonds. The van der Waals surface area contributed by atoms with Crippen LogP contribution in [0.1, 0.15) is 31.4 Å². The van der Waals surface area contributed by atoms with Crippen molar-refractivity contribution in [2.24, 2.45) is 22.7 Å². The van der Waals surface area contributed by atoms with Gasteiger partial charge in [-0.15, -0.1) is 0 Å². The third-order valence-electron chi connectivity index (χ3n) is 5.29. The molecule has 0 heterocycles. The average Bonchev–Trinajstić information content (AvgIpc) is 2.84. The van der Waals surface area contributed by atoms with Gasteiger partial charge in [0.2, 0.25) is 0 Å². The van der Waals surface area contributed by atoms with Crippen molar-refractivity contribution in [1.29, 1.82) is 0 Å². The van der Waals surface area contributed by atoms with Gasteiger partial charge in [-0.3, -0.25) is 14.6 Å². The summed E-state index contributed by atoms with van der Waals surface area (Å²) in [7, 11) is 3.65. The molecule has 0 spiro atoms. The van der Waals surface area contributed by atoms with Crippen LogP contribution in [0.5, 0.6) is 0 Å². The predicted molar refractivity (Wildman–Crippen MR) is 125 cm³/mol. The van der Waals surface area contributed by atoms with Crippen molar-refractivity contribution in [3.8, 4) is 0 Å². The molecule has 0 aliphatic carbocycles. The lowest BCUT2D eigenvalue weighted by Crippen LogP contribution is -2.43. The molecule has 0 N–H and O–H groups in total. The highest BCUT2D eigenvalue weighted by molar-refractivity contribution is 6.13. The standard InChI is InChI=1S/C26H31NO6/c1-17(2)16-20(21(24(28)31-3)25(29)32-4)23(26(30)33-5)27-22(18-12-8-6-9-13-18)19-14-10-7-11-15-19/h6-15,17,20-21,23H,16H2,1-5H3/t20-,23-/m1/s1. The number of esters is 3. The first kappa shape index (κ1) is 25.8. The molecule has 7 nitrogen and oxygen atoms in total. The number of nitrogens with zero attached hydrogens (tertiary/aromatic N) is 1. The van der Waals surface area contributed by atoms with Gasteiger partial charge in [0.05, 0.1) is 27.0 Å². The van der Waals surface area contributed by atoms with E-state index in [1.165, 1.54) is 21.3 Å². The van der Waals surface area contributed by atoms with Crippen molar-refractivity contribution in [2.75, 3.05) is 21.3 Å². The van der Waals surface area contributed by atoms with E-state index in [0.717, 1.165) is 11.1 Å². The third-order valence-corrected chi connectivity index (χ3v) is 5.29. The maximum absolute atomic E-state index is 13.0. The van der Waals surface area contributed by atoms with E-state index in [0.29, 0.717) is 12.1 Å². The normalized spacial score (nSPS) is 12.6. The maximum atomic E-state index is 13.0. The molecule has 0 bridgehead atoms. The van der Waals surface area contributed by atoms with Gasteiger partial charge >= 0.3 is 17.9 Å². The molecule has 0 aliphatic heterocycles. The summed E-state index contributed by atoms with van der Waals surface area (Å²) in [4.78, 5) is 43.2. The van der Waals surface area contributed by atoms with Crippen LogP contribution in [-0.4, -0.2) is 51.0 Å². The van der Waals surface area contributed by atoms with E-state index >= 15 is 0 Å². The lowest BCUT2D eigenvalue weighted by atomic mass is 9.79. The lowest BCUT2D eigenvalue weighted by Gasteiger charge is -2.29. The third kappa shape index (κ3) is 6.75. The molecule has 0 fully saturated rings. The zero-order valence-corrected chi connectivity index (χ0v) is 19.7. The molecule has 2 aromatic carbocycles. The first-order chi connectivity index (χ1) is 15.8. The zero-order chi connectivity index (χ0) is 24.4. The van der Waals surface area contributed by atoms with E-state index in [2.05, 4.69) is 0 Å². The number of aliphatic imine (C=N–C) groups is 1. The molecule has 176 valence electrons. The number of carbonyl (C=O) groups is 3. The fourth-order valence-corrected chi connectivity index (χ4v) is 3.78. The molecule has 7 heteroatoms. The number of carbonyl (C=O) groups excluding carboxylic acids is 3. The molecule has 33 heavy (non-hydrogen) atoms. The van der Waals surface area contributed by atoms with Crippen molar-refractivity contribution in [3.05, 3.63) is 71.8 Å². The Labute approximate surface area is 194 Å². The highest BCUT2D eigenvalue weighted by atomic mass is 16.5. The second-order valence-corrected chi connectivity index (χ2v) is 8.00. The van der Waals surface area contributed by atoms with Gasteiger partial charge in [-0.05, 0) is 12.3 Å². The number of methoxy groups -OCH3 is 3. The Morgan fingerprint density at radius 1 is 0.727 bits per heavy atom. The average molecular weight is 454 g/mol. The fourth-order valence-electron chi connectivity index (χ4n) is 3.78. The van der Waals surface area contributed by atoms with Crippen LogP contribution in [0.15, 0.2) is 65.7 Å². The topological polar surface area (TPSA) is 91.3 Å². The largest absolute Gasteiger partial charge is 0.468 e. The summed E-state index contributed by atoms with van der Waals surface area (Å²) in [5, 5.41) is 0. The Balaban J connectivity index is 2.75. The Bertz CT molecular complexity index is 898. The first-order valence-corrected chi connectivity index (χ1v) is 10.8. The van der Waals surface area contributed by atoms with E-state index < -0.39 is 35.8 Å². The van der Waals surface area contributed by atoms with Crippen molar-refractivity contribution in [2.45, 2.75) is 26.3 Å². The predicted octanol–water partition coefficient (Wildman–Crippen LogP) is 3.69. The molecule has 0 aromatic heterocycles. The van der Waals surface area contributed by atoms with Crippen molar-refractivity contribution in [1.82, 2.24) is 0 Å². The van der Waals surface area contributed by atoms with Crippen LogP contribution < -0.4 is 0 Å². The summed E-state index contributed by atoms with van der Waals surface area (Å²) < 4.78 is 14.9. The van der Waals surface area contributed by atoms with E-state index in [1.54, 1.807) is 0 Å². The Morgan fingerprint density at radius 3 is 1.52 bits per heavy atom. The molecule has 0 unspecified atom stereocenters. The molecule has 2 atom stereocenters. The zero-order valence-electron chi connectivity index (χ0n) is 19.7. The van der Waals surface area contributed by atoms with E-state index in [9.17, 15) is 14.4 Å². The van der Waals surface area contributed by atoms with Crippen molar-refractivity contribution < 1.29 is 28.6 Å². The molecule has 0 radical (unpaired) electrons. The SMILES string of the molecule is COC(=O)C(C(=O)OC)[C@@H](CC(C)C)[C@@H](N=C(c1ccccc1)c1ccccc1)C(=O)OC. The van der Waals surface area contributed by atoms with E-state index in [-0.39, 0.29) is 5.92 Å². The van der Waals surface area contributed by atoms with Crippen LogP contribution >= 0.6 is 0 Å². The second-order valence-electron chi connectivity index (χ2n) is 8.00. The highest BCUT2D eigenvalue weighted by Gasteiger charge is 2.44. The Hall–Kier alpha value is -3.48. The van der Waals surface area contributed by atoms with E-state index in [1.807, 2.05) is 74.5 Å². The molecular formula is C26H31NO6. The Kier molecular flexibility index (Phi) is 9.79. The monoisotopic (exact) mass is 453 g/mol.